The summed E-state index contributed by atoms with van der Waals surface area (Å²) < 4.78 is 0. The van der Waals surface area contributed by atoms with Crippen LogP contribution in [0.2, 0.25) is 0 Å². The second-order valence-electron chi connectivity index (χ2n) is 4.48. The average molecular weight is 260 g/mol. The van der Waals surface area contributed by atoms with Crippen molar-refractivity contribution in [2.24, 2.45) is 0 Å². The molecule has 3 unspecified atom stereocenters. The van der Waals surface area contributed by atoms with Gasteiger partial charge in [0.2, 0.25) is 0 Å². The molecule has 3 atom stereocenters. The van der Waals surface area contributed by atoms with Crippen LogP contribution in [0, 0.1) is 0 Å². The van der Waals surface area contributed by atoms with E-state index in [0.717, 1.165) is 12.8 Å². The van der Waals surface area contributed by atoms with Gasteiger partial charge in [-0.15, -0.1) is 0 Å². The molecule has 1 fully saturated rings. The second kappa shape index (κ2) is 7.17. The van der Waals surface area contributed by atoms with E-state index in [1.165, 1.54) is 0 Å². The van der Waals surface area contributed by atoms with Gasteiger partial charge in [0.05, 0.1) is 12.1 Å². The smallest absolute Gasteiger partial charge is 0.326 e. The van der Waals surface area contributed by atoms with Crippen LogP contribution in [0.3, 0.4) is 0 Å². The predicted octanol–water partition coefficient (Wildman–Crippen LogP) is -0.575. The molecule has 0 aromatic carbocycles. The summed E-state index contributed by atoms with van der Waals surface area (Å²) >= 11 is 0. The largest absolute Gasteiger partial charge is 0.480 e. The first-order chi connectivity index (χ1) is 8.54. The summed E-state index contributed by atoms with van der Waals surface area (Å²) in [6.07, 6.45) is 2.57. The Bertz CT molecular complexity index is 297. The Hall–Kier alpha value is -1.34. The molecule has 1 rings (SSSR count). The Balaban J connectivity index is 2.41. The zero-order valence-corrected chi connectivity index (χ0v) is 10.1. The number of rotatable bonds is 5. The lowest BCUT2D eigenvalue weighted by atomic mass is 9.93. The molecule has 18 heavy (non-hydrogen) atoms. The number of nitrogens with one attached hydrogen (secondary N) is 2. The fourth-order valence-electron chi connectivity index (χ4n) is 2.03. The number of aliphatic hydroxyl groups is 2. The molecule has 0 aromatic rings. The zero-order valence-electron chi connectivity index (χ0n) is 10.1. The molecule has 1 aliphatic carbocycles. The van der Waals surface area contributed by atoms with E-state index in [1.54, 1.807) is 0 Å². The third-order valence-corrected chi connectivity index (χ3v) is 3.07. The second-order valence-corrected chi connectivity index (χ2v) is 4.48. The highest BCUT2D eigenvalue weighted by Crippen LogP contribution is 2.18. The van der Waals surface area contributed by atoms with Gasteiger partial charge in [-0.2, -0.15) is 0 Å². The summed E-state index contributed by atoms with van der Waals surface area (Å²) in [6.45, 7) is -0.316. The van der Waals surface area contributed by atoms with Gasteiger partial charge in [-0.25, -0.2) is 9.59 Å². The first-order valence-electron chi connectivity index (χ1n) is 6.13. The summed E-state index contributed by atoms with van der Waals surface area (Å²) in [5.41, 5.74) is 0. The molecule has 0 saturated heterocycles. The lowest BCUT2D eigenvalue weighted by molar-refractivity contribution is -0.139. The van der Waals surface area contributed by atoms with Crippen molar-refractivity contribution < 1.29 is 24.9 Å². The van der Waals surface area contributed by atoms with Crippen LogP contribution in [0.25, 0.3) is 0 Å². The predicted molar refractivity (Wildman–Crippen MR) is 63.1 cm³/mol. The van der Waals surface area contributed by atoms with Crippen molar-refractivity contribution in [2.45, 2.75) is 50.3 Å². The molecule has 7 heteroatoms. The molecule has 0 spiro atoms. The minimum absolute atomic E-state index is 0.0457. The summed E-state index contributed by atoms with van der Waals surface area (Å²) in [5, 5.41) is 32.0. The number of aliphatic hydroxyl groups excluding tert-OH is 2. The van der Waals surface area contributed by atoms with Crippen LogP contribution in [0.15, 0.2) is 0 Å². The van der Waals surface area contributed by atoms with E-state index in [-0.39, 0.29) is 19.1 Å². The Morgan fingerprint density at radius 1 is 1.28 bits per heavy atom. The number of carbonyl (C=O) groups excluding carboxylic acids is 1. The zero-order chi connectivity index (χ0) is 13.5. The van der Waals surface area contributed by atoms with Crippen molar-refractivity contribution in [3.63, 3.8) is 0 Å². The van der Waals surface area contributed by atoms with Crippen molar-refractivity contribution in [3.8, 4) is 0 Å². The fraction of sp³-hybridized carbons (Fsp3) is 0.818. The van der Waals surface area contributed by atoms with E-state index in [2.05, 4.69) is 10.6 Å². The molecule has 7 nitrogen and oxygen atoms in total. The lowest BCUT2D eigenvalue weighted by Gasteiger charge is -2.28. The maximum absolute atomic E-state index is 11.6. The maximum atomic E-state index is 11.6. The van der Waals surface area contributed by atoms with Gasteiger partial charge in [-0.1, -0.05) is 12.8 Å². The third kappa shape index (κ3) is 4.50. The van der Waals surface area contributed by atoms with Crippen molar-refractivity contribution in [2.75, 3.05) is 6.61 Å². The number of hydrogen-bond donors (Lipinski definition) is 5. The Morgan fingerprint density at radius 2 is 1.94 bits per heavy atom. The SMILES string of the molecule is O=C(NC(CCO)C(=O)O)NC1CCCCC1O. The van der Waals surface area contributed by atoms with E-state index < -0.39 is 24.1 Å². The van der Waals surface area contributed by atoms with Crippen LogP contribution in [-0.2, 0) is 4.79 Å². The van der Waals surface area contributed by atoms with Gasteiger partial charge < -0.3 is 26.0 Å². The highest BCUT2D eigenvalue weighted by atomic mass is 16.4. The molecular weight excluding hydrogens is 240 g/mol. The number of carboxylic acids is 1. The summed E-state index contributed by atoms with van der Waals surface area (Å²) in [7, 11) is 0. The number of urea groups is 1. The van der Waals surface area contributed by atoms with Crippen LogP contribution in [-0.4, -0.2) is 52.1 Å². The minimum Gasteiger partial charge on any atom is -0.480 e. The van der Waals surface area contributed by atoms with Crippen LogP contribution in [0.4, 0.5) is 4.79 Å². The lowest BCUT2D eigenvalue weighted by Crippen LogP contribution is -2.52. The average Bonchev–Trinajstić information content (AvgIpc) is 2.31. The monoisotopic (exact) mass is 260 g/mol. The maximum Gasteiger partial charge on any atom is 0.326 e. The molecule has 0 aromatic heterocycles. The molecule has 0 heterocycles. The Labute approximate surface area is 105 Å². The number of aliphatic carboxylic acids is 1. The fourth-order valence-corrected chi connectivity index (χ4v) is 2.03. The molecule has 2 amide bonds. The van der Waals surface area contributed by atoms with Crippen molar-refractivity contribution in [3.05, 3.63) is 0 Å². The number of amides is 2. The topological polar surface area (TPSA) is 119 Å². The Kier molecular flexibility index (Phi) is 5.87. The molecule has 5 N–H and O–H groups in total. The normalized spacial score (nSPS) is 25.2. The molecule has 1 saturated carbocycles. The highest BCUT2D eigenvalue weighted by Gasteiger charge is 2.26. The van der Waals surface area contributed by atoms with Crippen LogP contribution in [0.5, 0.6) is 0 Å². The molecular formula is C11H20N2O5. The summed E-state index contributed by atoms with van der Waals surface area (Å²) in [6, 6.07) is -2.07. The van der Waals surface area contributed by atoms with Crippen LogP contribution >= 0.6 is 0 Å². The number of carbonyl (C=O) groups is 2. The van der Waals surface area contributed by atoms with Gasteiger partial charge in [0.25, 0.3) is 0 Å². The Morgan fingerprint density at radius 3 is 2.50 bits per heavy atom. The van der Waals surface area contributed by atoms with Gasteiger partial charge in [-0.05, 0) is 12.8 Å². The van der Waals surface area contributed by atoms with Crippen LogP contribution in [0.1, 0.15) is 32.1 Å². The molecule has 0 radical (unpaired) electrons. The van der Waals surface area contributed by atoms with Crippen LogP contribution < -0.4 is 10.6 Å². The van der Waals surface area contributed by atoms with Gasteiger partial charge in [0.1, 0.15) is 6.04 Å². The number of hydrogen-bond acceptors (Lipinski definition) is 4. The van der Waals surface area contributed by atoms with Crippen molar-refractivity contribution >= 4 is 12.0 Å². The van der Waals surface area contributed by atoms with E-state index in [4.69, 9.17) is 10.2 Å². The van der Waals surface area contributed by atoms with Gasteiger partial charge in [0, 0.05) is 13.0 Å². The quantitative estimate of drug-likeness (QED) is 0.453. The van der Waals surface area contributed by atoms with Gasteiger partial charge in [-0.3, -0.25) is 0 Å². The molecule has 0 aliphatic heterocycles. The summed E-state index contributed by atoms with van der Waals surface area (Å²) in [4.78, 5) is 22.3. The molecule has 1 aliphatic rings. The van der Waals surface area contributed by atoms with Gasteiger partial charge >= 0.3 is 12.0 Å². The first kappa shape index (κ1) is 14.7. The van der Waals surface area contributed by atoms with E-state index in [9.17, 15) is 14.7 Å². The van der Waals surface area contributed by atoms with E-state index in [0.29, 0.717) is 12.8 Å². The molecule has 104 valence electrons. The standard InChI is InChI=1S/C11H20N2O5/c14-6-5-8(10(16)17)13-11(18)12-7-3-1-2-4-9(7)15/h7-9,14-15H,1-6H2,(H,16,17)(H2,12,13,18). The van der Waals surface area contributed by atoms with E-state index >= 15 is 0 Å². The van der Waals surface area contributed by atoms with E-state index in [1.807, 2.05) is 0 Å². The first-order valence-corrected chi connectivity index (χ1v) is 6.13. The van der Waals surface area contributed by atoms with Gasteiger partial charge in [0.15, 0.2) is 0 Å². The third-order valence-electron chi connectivity index (χ3n) is 3.07. The number of carboxylic acid groups (broad SMARTS) is 1. The molecule has 0 bridgehead atoms. The summed E-state index contributed by atoms with van der Waals surface area (Å²) in [5.74, 6) is -1.19. The highest BCUT2D eigenvalue weighted by molar-refractivity contribution is 5.82. The van der Waals surface area contributed by atoms with Crippen molar-refractivity contribution in [1.82, 2.24) is 10.6 Å². The minimum atomic E-state index is -1.19. The van der Waals surface area contributed by atoms with Crippen molar-refractivity contribution in [1.29, 1.82) is 0 Å².